The summed E-state index contributed by atoms with van der Waals surface area (Å²) in [5, 5.41) is -0.364. The van der Waals surface area contributed by atoms with Crippen molar-refractivity contribution >= 4 is 9.84 Å². The van der Waals surface area contributed by atoms with Crippen LogP contribution in [0.1, 0.15) is 41.5 Å². The minimum Gasteiger partial charge on any atom is -0.326 e. The van der Waals surface area contributed by atoms with E-state index >= 15 is 0 Å². The zero-order valence-corrected chi connectivity index (χ0v) is 13.5. The number of hydrogen-bond acceptors (Lipinski definition) is 3. The van der Waals surface area contributed by atoms with Gasteiger partial charge >= 0.3 is 0 Å². The molecule has 1 aromatic carbocycles. The van der Waals surface area contributed by atoms with E-state index in [2.05, 4.69) is 32.9 Å². The minimum atomic E-state index is -3.00. The maximum absolute atomic E-state index is 12.2. The van der Waals surface area contributed by atoms with Crippen LogP contribution in [-0.2, 0) is 16.3 Å². The van der Waals surface area contributed by atoms with E-state index in [1.807, 2.05) is 0 Å². The molecule has 2 unspecified atom stereocenters. The molecule has 112 valence electrons. The summed E-state index contributed by atoms with van der Waals surface area (Å²) in [7, 11) is -3.00. The lowest BCUT2D eigenvalue weighted by Gasteiger charge is -2.28. The molecule has 1 saturated heterocycles. The Hall–Kier alpha value is -0.870. The van der Waals surface area contributed by atoms with Crippen molar-refractivity contribution in [3.05, 3.63) is 34.4 Å². The summed E-state index contributed by atoms with van der Waals surface area (Å²) in [4.78, 5) is 0. The highest BCUT2D eigenvalue weighted by Gasteiger charge is 2.33. The fraction of sp³-hybridized carbons (Fsp3) is 0.625. The molecule has 1 aliphatic heterocycles. The average molecular weight is 295 g/mol. The van der Waals surface area contributed by atoms with Crippen LogP contribution in [0.2, 0.25) is 0 Å². The zero-order chi connectivity index (χ0) is 14.9. The van der Waals surface area contributed by atoms with Crippen molar-refractivity contribution in [2.75, 3.05) is 5.75 Å². The summed E-state index contributed by atoms with van der Waals surface area (Å²) in [6.07, 6.45) is 3.13. The van der Waals surface area contributed by atoms with Gasteiger partial charge in [-0.25, -0.2) is 8.42 Å². The molecule has 0 aliphatic carbocycles. The van der Waals surface area contributed by atoms with Crippen LogP contribution in [0.5, 0.6) is 0 Å². The molecule has 3 nitrogen and oxygen atoms in total. The van der Waals surface area contributed by atoms with Gasteiger partial charge in [-0.2, -0.15) is 0 Å². The molecule has 2 atom stereocenters. The van der Waals surface area contributed by atoms with E-state index < -0.39 is 9.84 Å². The lowest BCUT2D eigenvalue weighted by Crippen LogP contribution is -2.45. The van der Waals surface area contributed by atoms with E-state index in [-0.39, 0.29) is 11.3 Å². The molecule has 0 aromatic heterocycles. The molecule has 0 spiro atoms. The van der Waals surface area contributed by atoms with Gasteiger partial charge in [0, 0.05) is 6.04 Å². The third-order valence-corrected chi connectivity index (χ3v) is 6.75. The van der Waals surface area contributed by atoms with E-state index in [0.29, 0.717) is 18.6 Å². The van der Waals surface area contributed by atoms with Gasteiger partial charge in [-0.3, -0.25) is 0 Å². The Morgan fingerprint density at radius 2 is 1.80 bits per heavy atom. The number of aryl methyl sites for hydroxylation is 3. The average Bonchev–Trinajstić information content (AvgIpc) is 2.32. The molecule has 1 aromatic rings. The summed E-state index contributed by atoms with van der Waals surface area (Å²) in [5.41, 5.74) is 11.1. The first kappa shape index (κ1) is 15.5. The number of hydrogen-bond donors (Lipinski definition) is 1. The Balaban J connectivity index is 2.22. The molecule has 0 radical (unpaired) electrons. The molecule has 0 amide bonds. The third-order valence-electron chi connectivity index (χ3n) is 4.39. The van der Waals surface area contributed by atoms with Crippen LogP contribution in [-0.4, -0.2) is 25.5 Å². The number of rotatable bonds is 3. The Bertz CT molecular complexity index is 569. The van der Waals surface area contributed by atoms with Gasteiger partial charge < -0.3 is 5.73 Å². The van der Waals surface area contributed by atoms with Crippen molar-refractivity contribution < 1.29 is 8.42 Å². The second kappa shape index (κ2) is 5.86. The highest BCUT2D eigenvalue weighted by atomic mass is 32.2. The Morgan fingerprint density at radius 3 is 2.35 bits per heavy atom. The van der Waals surface area contributed by atoms with Crippen molar-refractivity contribution in [3.63, 3.8) is 0 Å². The first-order chi connectivity index (χ1) is 9.31. The van der Waals surface area contributed by atoms with E-state index in [9.17, 15) is 8.42 Å². The highest BCUT2D eigenvalue weighted by Crippen LogP contribution is 2.25. The van der Waals surface area contributed by atoms with Crippen LogP contribution in [0.3, 0.4) is 0 Å². The quantitative estimate of drug-likeness (QED) is 0.931. The normalized spacial score (nSPS) is 23.5. The fourth-order valence-corrected chi connectivity index (χ4v) is 5.42. The van der Waals surface area contributed by atoms with Crippen LogP contribution in [0, 0.1) is 20.8 Å². The molecule has 4 heteroatoms. The van der Waals surface area contributed by atoms with E-state index in [1.54, 1.807) is 0 Å². The molecular formula is C16H25NO2S. The predicted molar refractivity (Wildman–Crippen MR) is 83.8 cm³/mol. The SMILES string of the molecule is Cc1cc(C)c(CC(N)C2CCCCS2(=O)=O)c(C)c1. The maximum Gasteiger partial charge on any atom is 0.154 e. The van der Waals surface area contributed by atoms with Gasteiger partial charge in [-0.1, -0.05) is 24.1 Å². The van der Waals surface area contributed by atoms with E-state index in [4.69, 9.17) is 5.73 Å². The first-order valence-electron chi connectivity index (χ1n) is 7.35. The summed E-state index contributed by atoms with van der Waals surface area (Å²) in [6, 6.07) is 4.00. The van der Waals surface area contributed by atoms with Gasteiger partial charge in [0.05, 0.1) is 11.0 Å². The topological polar surface area (TPSA) is 60.2 Å². The monoisotopic (exact) mass is 295 g/mol. The van der Waals surface area contributed by atoms with E-state index in [1.165, 1.54) is 22.3 Å². The van der Waals surface area contributed by atoms with Crippen LogP contribution >= 0.6 is 0 Å². The van der Waals surface area contributed by atoms with Crippen molar-refractivity contribution in [1.82, 2.24) is 0 Å². The molecule has 1 fully saturated rings. The lowest BCUT2D eigenvalue weighted by molar-refractivity contribution is 0.494. The van der Waals surface area contributed by atoms with Gasteiger partial charge in [-0.15, -0.1) is 0 Å². The third kappa shape index (κ3) is 3.23. The maximum atomic E-state index is 12.2. The molecule has 0 saturated carbocycles. The Kier molecular flexibility index (Phi) is 4.55. The number of nitrogens with two attached hydrogens (primary N) is 1. The smallest absolute Gasteiger partial charge is 0.154 e. The molecule has 1 aliphatic rings. The van der Waals surface area contributed by atoms with Crippen molar-refractivity contribution in [1.29, 1.82) is 0 Å². The predicted octanol–water partition coefficient (Wildman–Crippen LogP) is 2.45. The Labute approximate surface area is 122 Å². The standard InChI is InChI=1S/C16H25NO2S/c1-11-8-12(2)14(13(3)9-11)10-15(17)16-6-4-5-7-20(16,18)19/h8-9,15-16H,4-7,10,17H2,1-3H3. The summed E-state index contributed by atoms with van der Waals surface area (Å²) >= 11 is 0. The summed E-state index contributed by atoms with van der Waals surface area (Å²) in [6.45, 7) is 6.24. The molecule has 0 bridgehead atoms. The zero-order valence-electron chi connectivity index (χ0n) is 12.6. The van der Waals surface area contributed by atoms with Crippen molar-refractivity contribution in [3.8, 4) is 0 Å². The van der Waals surface area contributed by atoms with Gasteiger partial charge in [0.25, 0.3) is 0 Å². The number of sulfone groups is 1. The second-order valence-electron chi connectivity index (χ2n) is 6.15. The molecule has 20 heavy (non-hydrogen) atoms. The van der Waals surface area contributed by atoms with Crippen molar-refractivity contribution in [2.45, 2.75) is 57.7 Å². The molecule has 2 rings (SSSR count). The van der Waals surface area contributed by atoms with Crippen molar-refractivity contribution in [2.24, 2.45) is 5.73 Å². The molecular weight excluding hydrogens is 270 g/mol. The minimum absolute atomic E-state index is 0.291. The van der Waals surface area contributed by atoms with Crippen LogP contribution in [0.4, 0.5) is 0 Å². The van der Waals surface area contributed by atoms with E-state index in [0.717, 1.165) is 12.8 Å². The van der Waals surface area contributed by atoms with Crippen LogP contribution in [0.15, 0.2) is 12.1 Å². The summed E-state index contributed by atoms with van der Waals surface area (Å²) < 4.78 is 24.3. The molecule has 2 N–H and O–H groups in total. The van der Waals surface area contributed by atoms with Gasteiger partial charge in [0.2, 0.25) is 0 Å². The lowest BCUT2D eigenvalue weighted by atomic mass is 9.92. The molecule has 1 heterocycles. The second-order valence-corrected chi connectivity index (χ2v) is 8.49. The van der Waals surface area contributed by atoms with Gasteiger partial charge in [0.1, 0.15) is 0 Å². The van der Waals surface area contributed by atoms with Gasteiger partial charge in [0.15, 0.2) is 9.84 Å². The highest BCUT2D eigenvalue weighted by molar-refractivity contribution is 7.92. The number of benzene rings is 1. The first-order valence-corrected chi connectivity index (χ1v) is 9.06. The Morgan fingerprint density at radius 1 is 1.20 bits per heavy atom. The van der Waals surface area contributed by atoms with Crippen LogP contribution < -0.4 is 5.73 Å². The largest absolute Gasteiger partial charge is 0.326 e. The fourth-order valence-electron chi connectivity index (χ4n) is 3.36. The van der Waals surface area contributed by atoms with Crippen LogP contribution in [0.25, 0.3) is 0 Å². The summed E-state index contributed by atoms with van der Waals surface area (Å²) in [5.74, 6) is 0.303. The van der Waals surface area contributed by atoms with Gasteiger partial charge in [-0.05, 0) is 56.7 Å².